The highest BCUT2D eigenvalue weighted by atomic mass is 16.6. The van der Waals surface area contributed by atoms with Gasteiger partial charge in [-0.2, -0.15) is 0 Å². The topological polar surface area (TPSA) is 324 Å². The van der Waals surface area contributed by atoms with E-state index in [0.29, 0.717) is 172 Å². The van der Waals surface area contributed by atoms with E-state index in [4.69, 9.17) is 135 Å². The van der Waals surface area contributed by atoms with Crippen LogP contribution in [0.4, 0.5) is 0 Å². The molecule has 0 heterocycles. The molecule has 9 unspecified atom stereocenters. The van der Waals surface area contributed by atoms with Gasteiger partial charge in [-0.25, -0.2) is 0 Å². The molecule has 0 fully saturated rings. The van der Waals surface area contributed by atoms with Crippen LogP contribution in [-0.4, -0.2) is 358 Å². The van der Waals surface area contributed by atoms with Crippen molar-refractivity contribution in [2.24, 2.45) is 5.41 Å². The van der Waals surface area contributed by atoms with Crippen LogP contribution in [0.25, 0.3) is 0 Å². The number of aliphatic hydroxyl groups is 6. The minimum absolute atomic E-state index is 0.0197. The van der Waals surface area contributed by atoms with Crippen LogP contribution >= 0.6 is 0 Å². The maximum Gasteiger partial charge on any atom is 0.104 e. The van der Waals surface area contributed by atoms with Crippen molar-refractivity contribution in [3.8, 4) is 0 Å². The molecule has 0 aliphatic rings. The Morgan fingerprint density at radius 2 is 0.443 bits per heavy atom. The number of rotatable bonds is 64. The predicted molar refractivity (Wildman–Crippen MR) is 329 cm³/mol. The molecule has 0 aliphatic heterocycles. The maximum absolute atomic E-state index is 8.79. The normalized spacial score (nSPS) is 15.7. The second-order valence-corrected chi connectivity index (χ2v) is 20.6. The molecule has 536 valence electrons. The smallest absolute Gasteiger partial charge is 0.104 e. The van der Waals surface area contributed by atoms with Gasteiger partial charge in [-0.3, -0.25) is 0 Å². The molecule has 0 aromatic heterocycles. The summed E-state index contributed by atoms with van der Waals surface area (Å²) in [5.74, 6) is 0. The van der Waals surface area contributed by atoms with Crippen molar-refractivity contribution >= 4 is 0 Å². The standard InChI is InChI=1S/C29H60O12.C18H38O9.C7H16O4.C6H14O3/c1-25(38-13-9-30-5)17-34-21-29(22-35-18-26(2)39-14-10-31-6,23-36-19-27(3)40-15-11-32-7)24-37-20-28(4)41-16-12-33-8;1-15(24-7-4-19)10-22-13-18(27-12-17(3)26-9-6-21)14-23-11-16(2)25-8-5-20;1-7(11-5-3-9)6-10-4-2-8;1-6(5-8-2)9-4-3-7/h25-28H,9-24H2,1-8H3;15-21H,4-14H2,1-3H3;7-9H,2-6H2,1H3;6-7H,3-5H2,1-2H3. The number of ether oxygens (including phenoxy) is 22. The van der Waals surface area contributed by atoms with E-state index in [0.717, 1.165) is 0 Å². The van der Waals surface area contributed by atoms with E-state index in [1.54, 1.807) is 35.5 Å². The lowest BCUT2D eigenvalue weighted by Crippen LogP contribution is -2.44. The third-order valence-corrected chi connectivity index (χ3v) is 11.1. The SMILES string of the molecule is CC(COCC(COCC(C)OCCO)OCC(C)OCCO)OCCO.CC(COCCO)OCCO.COCC(C)OCCO.COCCOC(C)COCC(COCC(C)OCCOC)(COCC(C)OCCOC)COCC(C)OCCOC. The molecular weight excluding hydrogens is 1170 g/mol. The van der Waals surface area contributed by atoms with Crippen molar-refractivity contribution in [3.63, 3.8) is 0 Å². The fraction of sp³-hybridized carbons (Fsp3) is 1.00. The molecule has 0 aliphatic carbocycles. The molecule has 9 atom stereocenters. The van der Waals surface area contributed by atoms with Gasteiger partial charge >= 0.3 is 0 Å². The summed E-state index contributed by atoms with van der Waals surface area (Å²) in [4.78, 5) is 0. The van der Waals surface area contributed by atoms with Crippen molar-refractivity contribution in [2.75, 3.05) is 267 Å². The third-order valence-electron chi connectivity index (χ3n) is 11.1. The summed E-state index contributed by atoms with van der Waals surface area (Å²) in [6.07, 6.45) is -1.01. The van der Waals surface area contributed by atoms with Gasteiger partial charge in [-0.15, -0.1) is 0 Å². The highest BCUT2D eigenvalue weighted by Gasteiger charge is 2.34. The summed E-state index contributed by atoms with van der Waals surface area (Å²) >= 11 is 0. The first-order valence-corrected chi connectivity index (χ1v) is 30.8. The predicted octanol–water partition coefficient (Wildman–Crippen LogP) is 1.27. The van der Waals surface area contributed by atoms with Crippen molar-refractivity contribution < 1.29 is 135 Å². The van der Waals surface area contributed by atoms with Crippen LogP contribution in [-0.2, 0) is 104 Å². The summed E-state index contributed by atoms with van der Waals surface area (Å²) in [7, 11) is 8.22. The number of methoxy groups -OCH3 is 5. The molecule has 0 saturated heterocycles. The Balaban J connectivity index is -0.000000634. The average Bonchev–Trinajstić information content (AvgIpc) is 3.60. The van der Waals surface area contributed by atoms with Crippen molar-refractivity contribution in [1.82, 2.24) is 0 Å². The summed E-state index contributed by atoms with van der Waals surface area (Å²) in [5, 5.41) is 51.3. The van der Waals surface area contributed by atoms with Gasteiger partial charge in [0, 0.05) is 35.5 Å². The monoisotopic (exact) mass is 1300 g/mol. The Morgan fingerprint density at radius 1 is 0.216 bits per heavy atom. The van der Waals surface area contributed by atoms with E-state index >= 15 is 0 Å². The summed E-state index contributed by atoms with van der Waals surface area (Å²) in [5.41, 5.74) is -0.586. The largest absolute Gasteiger partial charge is 0.394 e. The molecule has 0 aromatic carbocycles. The molecule has 0 rings (SSSR count). The lowest BCUT2D eigenvalue weighted by atomic mass is 9.92. The van der Waals surface area contributed by atoms with Crippen LogP contribution in [0.1, 0.15) is 62.3 Å². The molecule has 0 amide bonds. The van der Waals surface area contributed by atoms with Crippen LogP contribution in [0, 0.1) is 5.41 Å². The van der Waals surface area contributed by atoms with Gasteiger partial charge < -0.3 is 135 Å². The first-order valence-electron chi connectivity index (χ1n) is 30.8. The highest BCUT2D eigenvalue weighted by molar-refractivity contribution is 4.80. The quantitative estimate of drug-likeness (QED) is 0.0467. The zero-order chi connectivity index (χ0) is 66.6. The molecule has 0 spiro atoms. The first-order chi connectivity index (χ1) is 42.5. The summed E-state index contributed by atoms with van der Waals surface area (Å²) in [6.45, 7) is 29.2. The maximum atomic E-state index is 8.79. The van der Waals surface area contributed by atoms with Gasteiger partial charge in [-0.05, 0) is 62.3 Å². The number of aliphatic hydroxyl groups excluding tert-OH is 6. The van der Waals surface area contributed by atoms with Gasteiger partial charge in [0.15, 0.2) is 0 Å². The zero-order valence-corrected chi connectivity index (χ0v) is 56.7. The Morgan fingerprint density at radius 3 is 0.693 bits per heavy atom. The van der Waals surface area contributed by atoms with Crippen LogP contribution in [0.2, 0.25) is 0 Å². The van der Waals surface area contributed by atoms with Gasteiger partial charge in [0.25, 0.3) is 0 Å². The van der Waals surface area contributed by atoms with Gasteiger partial charge in [0.1, 0.15) is 6.10 Å². The third kappa shape index (κ3) is 70.7. The fourth-order valence-electron chi connectivity index (χ4n) is 6.74. The van der Waals surface area contributed by atoms with Crippen molar-refractivity contribution in [3.05, 3.63) is 0 Å². The number of hydrogen-bond donors (Lipinski definition) is 6. The average molecular weight is 1300 g/mol. The second-order valence-electron chi connectivity index (χ2n) is 20.6. The Bertz CT molecular complexity index is 1180. The van der Waals surface area contributed by atoms with Gasteiger partial charge in [-0.1, -0.05) is 0 Å². The molecule has 6 N–H and O–H groups in total. The minimum Gasteiger partial charge on any atom is -0.394 e. The molecule has 88 heavy (non-hydrogen) atoms. The highest BCUT2D eigenvalue weighted by Crippen LogP contribution is 2.22. The van der Waals surface area contributed by atoms with Gasteiger partial charge in [0.05, 0.1) is 292 Å². The first kappa shape index (κ1) is 93.3. The molecule has 0 aromatic rings. The Labute approximate surface area is 529 Å². The molecule has 0 bridgehead atoms. The van der Waals surface area contributed by atoms with Crippen LogP contribution in [0.15, 0.2) is 0 Å². The molecule has 0 saturated carbocycles. The molecule has 28 heteroatoms. The summed E-state index contributed by atoms with van der Waals surface area (Å²) in [6, 6.07) is 0. The zero-order valence-electron chi connectivity index (χ0n) is 56.7. The fourth-order valence-corrected chi connectivity index (χ4v) is 6.74. The molecule has 0 radical (unpaired) electrons. The Kier molecular flexibility index (Phi) is 77.7. The van der Waals surface area contributed by atoms with Crippen LogP contribution in [0.5, 0.6) is 0 Å². The lowest BCUT2D eigenvalue weighted by molar-refractivity contribution is -0.140. The van der Waals surface area contributed by atoms with Crippen LogP contribution < -0.4 is 0 Å². The van der Waals surface area contributed by atoms with E-state index in [-0.39, 0.29) is 121 Å². The van der Waals surface area contributed by atoms with Crippen molar-refractivity contribution in [1.29, 1.82) is 0 Å². The van der Waals surface area contributed by atoms with E-state index in [2.05, 4.69) is 0 Å². The number of hydrogen-bond acceptors (Lipinski definition) is 28. The molecule has 28 nitrogen and oxygen atoms in total. The van der Waals surface area contributed by atoms with E-state index < -0.39 is 5.41 Å². The minimum atomic E-state index is -0.586. The Hall–Kier alpha value is -1.12. The van der Waals surface area contributed by atoms with E-state index in [9.17, 15) is 0 Å². The lowest BCUT2D eigenvalue weighted by Gasteiger charge is -2.34. The van der Waals surface area contributed by atoms with E-state index in [1.807, 2.05) is 62.3 Å². The van der Waals surface area contributed by atoms with Crippen LogP contribution in [0.3, 0.4) is 0 Å². The summed E-state index contributed by atoms with van der Waals surface area (Å²) < 4.78 is 121. The van der Waals surface area contributed by atoms with Crippen molar-refractivity contribution in [2.45, 2.75) is 123 Å². The second kappa shape index (κ2) is 73.3. The van der Waals surface area contributed by atoms with E-state index in [1.165, 1.54) is 0 Å². The molecular formula is C60H128O28. The van der Waals surface area contributed by atoms with Gasteiger partial charge in [0.2, 0.25) is 0 Å².